The topological polar surface area (TPSA) is 53.9 Å². The highest BCUT2D eigenvalue weighted by molar-refractivity contribution is 5.79. The smallest absolute Gasteiger partial charge is 0.277 e. The van der Waals surface area contributed by atoms with Crippen molar-refractivity contribution in [1.29, 1.82) is 0 Å². The summed E-state index contributed by atoms with van der Waals surface area (Å²) in [6, 6.07) is 6.59. The van der Waals surface area contributed by atoms with Gasteiger partial charge < -0.3 is 15.1 Å². The van der Waals surface area contributed by atoms with Crippen LogP contribution in [0.15, 0.2) is 18.2 Å². The first-order valence-corrected chi connectivity index (χ1v) is 9.94. The second kappa shape index (κ2) is 9.72. The average Bonchev–Trinajstić information content (AvgIpc) is 2.61. The number of rotatable bonds is 8. The van der Waals surface area contributed by atoms with Gasteiger partial charge in [0.1, 0.15) is 0 Å². The Kier molecular flexibility index (Phi) is 7.64. The fraction of sp³-hybridized carbons (Fsp3) is 0.619. The van der Waals surface area contributed by atoms with Crippen LogP contribution in [-0.4, -0.2) is 49.9 Å². The summed E-state index contributed by atoms with van der Waals surface area (Å²) in [4.78, 5) is 27.2. The van der Waals surface area contributed by atoms with E-state index in [9.17, 15) is 9.59 Å². The summed E-state index contributed by atoms with van der Waals surface area (Å²) in [7, 11) is 1.89. The maximum absolute atomic E-state index is 12.4. The van der Waals surface area contributed by atoms with Gasteiger partial charge in [-0.2, -0.15) is 0 Å². The van der Waals surface area contributed by atoms with Gasteiger partial charge in [0.05, 0.1) is 13.1 Å². The maximum atomic E-state index is 12.4. The van der Waals surface area contributed by atoms with Crippen LogP contribution in [0.4, 0.5) is 0 Å². The van der Waals surface area contributed by atoms with E-state index in [0.29, 0.717) is 26.2 Å². The number of carbonyl (C=O) groups excluding carboxylic acids is 2. The van der Waals surface area contributed by atoms with Gasteiger partial charge in [-0.15, -0.1) is 0 Å². The number of benzene rings is 1. The minimum Gasteiger partial charge on any atom is -0.345 e. The van der Waals surface area contributed by atoms with Gasteiger partial charge in [-0.05, 0) is 63.1 Å². The summed E-state index contributed by atoms with van der Waals surface area (Å²) in [6.45, 7) is 8.06. The fourth-order valence-electron chi connectivity index (χ4n) is 3.68. The molecule has 0 saturated heterocycles. The molecule has 1 aromatic carbocycles. The van der Waals surface area contributed by atoms with E-state index in [1.807, 2.05) is 27.8 Å². The Morgan fingerprint density at radius 1 is 1.12 bits per heavy atom. The van der Waals surface area contributed by atoms with E-state index in [0.717, 1.165) is 16.9 Å². The van der Waals surface area contributed by atoms with Crippen LogP contribution in [0.2, 0.25) is 0 Å². The standard InChI is InChI=1S/C21H33N3O2/c1-5-24(6-2)21(26)15-23(4)14-20(25)22-16(3)18-12-11-17-9-7-8-10-19(17)13-18/h11-13,16H,5-10,14-15H2,1-4H3,(H,22,25)/p+1/t16-/m1/s1. The predicted molar refractivity (Wildman–Crippen MR) is 104 cm³/mol. The number of quaternary nitrogens is 1. The van der Waals surface area contributed by atoms with Crippen LogP contribution >= 0.6 is 0 Å². The summed E-state index contributed by atoms with van der Waals surface area (Å²) in [5.41, 5.74) is 4.05. The van der Waals surface area contributed by atoms with E-state index < -0.39 is 0 Å². The number of aryl methyl sites for hydroxylation is 2. The molecule has 0 radical (unpaired) electrons. The van der Waals surface area contributed by atoms with E-state index in [4.69, 9.17) is 0 Å². The van der Waals surface area contributed by atoms with Gasteiger partial charge in [0, 0.05) is 13.1 Å². The molecule has 0 bridgehead atoms. The molecule has 26 heavy (non-hydrogen) atoms. The number of nitrogens with one attached hydrogen (secondary N) is 2. The van der Waals surface area contributed by atoms with Crippen LogP contribution in [0.3, 0.4) is 0 Å². The third-order valence-electron chi connectivity index (χ3n) is 5.28. The van der Waals surface area contributed by atoms with Gasteiger partial charge in [0.25, 0.3) is 11.8 Å². The molecule has 5 heteroatoms. The third-order valence-corrected chi connectivity index (χ3v) is 5.28. The van der Waals surface area contributed by atoms with E-state index >= 15 is 0 Å². The van der Waals surface area contributed by atoms with Crippen molar-refractivity contribution in [3.05, 3.63) is 34.9 Å². The largest absolute Gasteiger partial charge is 0.345 e. The van der Waals surface area contributed by atoms with Crippen LogP contribution in [0, 0.1) is 0 Å². The number of hydrogen-bond donors (Lipinski definition) is 2. The first kappa shape index (κ1) is 20.4. The zero-order valence-corrected chi connectivity index (χ0v) is 16.7. The molecule has 5 nitrogen and oxygen atoms in total. The number of amides is 2. The molecule has 144 valence electrons. The molecule has 1 aliphatic carbocycles. The van der Waals surface area contributed by atoms with E-state index in [2.05, 4.69) is 23.5 Å². The van der Waals surface area contributed by atoms with Gasteiger partial charge in [0.15, 0.2) is 13.1 Å². The second-order valence-corrected chi connectivity index (χ2v) is 7.40. The van der Waals surface area contributed by atoms with Gasteiger partial charge in [-0.25, -0.2) is 0 Å². The molecule has 0 fully saturated rings. The van der Waals surface area contributed by atoms with Crippen molar-refractivity contribution in [3.8, 4) is 0 Å². The first-order valence-electron chi connectivity index (χ1n) is 9.94. The van der Waals surface area contributed by atoms with E-state index in [1.165, 1.54) is 30.4 Å². The minimum atomic E-state index is -0.0138. The van der Waals surface area contributed by atoms with Crippen molar-refractivity contribution in [2.45, 2.75) is 52.5 Å². The highest BCUT2D eigenvalue weighted by Gasteiger charge is 2.19. The lowest BCUT2D eigenvalue weighted by Gasteiger charge is -2.22. The van der Waals surface area contributed by atoms with E-state index in [-0.39, 0.29) is 17.9 Å². The number of nitrogens with zero attached hydrogens (tertiary/aromatic N) is 1. The summed E-state index contributed by atoms with van der Waals surface area (Å²) in [6.07, 6.45) is 4.85. The Hall–Kier alpha value is -1.88. The Morgan fingerprint density at radius 2 is 1.77 bits per heavy atom. The van der Waals surface area contributed by atoms with Gasteiger partial charge in [-0.3, -0.25) is 9.59 Å². The van der Waals surface area contributed by atoms with Crippen molar-refractivity contribution < 1.29 is 14.5 Å². The second-order valence-electron chi connectivity index (χ2n) is 7.40. The number of fused-ring (bicyclic) bond motifs is 1. The summed E-state index contributed by atoms with van der Waals surface area (Å²) >= 11 is 0. The van der Waals surface area contributed by atoms with Gasteiger partial charge >= 0.3 is 0 Å². The molecule has 0 aliphatic heterocycles. The van der Waals surface area contributed by atoms with Crippen molar-refractivity contribution in [2.75, 3.05) is 33.2 Å². The van der Waals surface area contributed by atoms with Crippen LogP contribution < -0.4 is 10.2 Å². The van der Waals surface area contributed by atoms with Gasteiger partial charge in [-0.1, -0.05) is 18.2 Å². The molecule has 1 aliphatic rings. The van der Waals surface area contributed by atoms with Crippen LogP contribution in [0.5, 0.6) is 0 Å². The Balaban J connectivity index is 1.86. The molecule has 2 atom stereocenters. The molecule has 2 rings (SSSR count). The fourth-order valence-corrected chi connectivity index (χ4v) is 3.68. The lowest BCUT2D eigenvalue weighted by Crippen LogP contribution is -3.11. The number of carbonyl (C=O) groups is 2. The third kappa shape index (κ3) is 5.56. The minimum absolute atomic E-state index is 0.0130. The van der Waals surface area contributed by atoms with Crippen LogP contribution in [0.25, 0.3) is 0 Å². The van der Waals surface area contributed by atoms with Gasteiger partial charge in [0.2, 0.25) is 0 Å². The zero-order chi connectivity index (χ0) is 19.1. The highest BCUT2D eigenvalue weighted by atomic mass is 16.2. The summed E-state index contributed by atoms with van der Waals surface area (Å²) < 4.78 is 0. The SMILES string of the molecule is CCN(CC)C(=O)C[NH+](C)CC(=O)N[C@H](C)c1ccc2c(c1)CCCC2. The molecule has 2 N–H and O–H groups in total. The molecule has 0 aromatic heterocycles. The normalized spacial score (nSPS) is 15.7. The highest BCUT2D eigenvalue weighted by Crippen LogP contribution is 2.24. The molecule has 0 saturated carbocycles. The molecule has 1 unspecified atom stereocenters. The van der Waals surface area contributed by atoms with Crippen molar-refractivity contribution in [2.24, 2.45) is 0 Å². The number of likely N-dealkylation sites (N-methyl/N-ethyl adjacent to an activating group) is 2. The molecule has 0 heterocycles. The monoisotopic (exact) mass is 360 g/mol. The Labute approximate surface area is 157 Å². The molecule has 1 aromatic rings. The van der Waals surface area contributed by atoms with Crippen molar-refractivity contribution in [3.63, 3.8) is 0 Å². The molecule has 2 amide bonds. The van der Waals surface area contributed by atoms with Crippen LogP contribution in [0.1, 0.15) is 56.3 Å². The summed E-state index contributed by atoms with van der Waals surface area (Å²) in [5, 5.41) is 3.08. The lowest BCUT2D eigenvalue weighted by atomic mass is 9.89. The quantitative estimate of drug-likeness (QED) is 0.730. The van der Waals surface area contributed by atoms with Crippen molar-refractivity contribution in [1.82, 2.24) is 10.2 Å². The first-order chi connectivity index (χ1) is 12.4. The lowest BCUT2D eigenvalue weighted by molar-refractivity contribution is -0.863. The van der Waals surface area contributed by atoms with E-state index in [1.54, 1.807) is 4.90 Å². The molecular formula is C21H34N3O2+. The number of hydrogen-bond acceptors (Lipinski definition) is 2. The average molecular weight is 361 g/mol. The van der Waals surface area contributed by atoms with Crippen LogP contribution in [-0.2, 0) is 22.4 Å². The molecule has 0 spiro atoms. The Morgan fingerprint density at radius 3 is 2.42 bits per heavy atom. The Bertz CT molecular complexity index is 626. The predicted octanol–water partition coefficient (Wildman–Crippen LogP) is 1.13. The zero-order valence-electron chi connectivity index (χ0n) is 16.7. The van der Waals surface area contributed by atoms with Crippen molar-refractivity contribution >= 4 is 11.8 Å². The molecular weight excluding hydrogens is 326 g/mol. The maximum Gasteiger partial charge on any atom is 0.277 e. The summed E-state index contributed by atoms with van der Waals surface area (Å²) in [5.74, 6) is 0.0862.